The maximum atomic E-state index is 5.74. The molecule has 1 heterocycles. The molecule has 0 N–H and O–H groups in total. The summed E-state index contributed by atoms with van der Waals surface area (Å²) in [5.41, 5.74) is 1.97. The quantitative estimate of drug-likeness (QED) is 0.870. The summed E-state index contributed by atoms with van der Waals surface area (Å²) in [6, 6.07) is 7.55. The van der Waals surface area contributed by atoms with Gasteiger partial charge in [-0.1, -0.05) is 6.07 Å². The fourth-order valence-corrected chi connectivity index (χ4v) is 2.13. The summed E-state index contributed by atoms with van der Waals surface area (Å²) in [6.45, 7) is 2.42. The van der Waals surface area contributed by atoms with Crippen LogP contribution in [0.4, 0.5) is 0 Å². The zero-order valence-corrected chi connectivity index (χ0v) is 12.2. The van der Waals surface area contributed by atoms with E-state index in [9.17, 15) is 0 Å². The summed E-state index contributed by atoms with van der Waals surface area (Å²) < 4.78 is 13.7. The van der Waals surface area contributed by atoms with Crippen molar-refractivity contribution in [2.45, 2.75) is 13.5 Å². The number of nitrogens with zero attached hydrogens (tertiary/aromatic N) is 2. The number of aromatic nitrogens is 2. The second-order valence-electron chi connectivity index (χ2n) is 3.94. The van der Waals surface area contributed by atoms with Crippen LogP contribution in [0, 0.1) is 6.92 Å². The molecule has 0 spiro atoms. The standard InChI is InChI=1S/C13H15BrN2O2/c1-9-13(14)12(16(2)15-9)8-18-11-6-4-5-10(7-11)17-3/h4-7H,8H2,1-3H3. The van der Waals surface area contributed by atoms with Crippen LogP contribution in [0.2, 0.25) is 0 Å². The second kappa shape index (κ2) is 5.44. The molecule has 1 aromatic heterocycles. The minimum atomic E-state index is 0.463. The van der Waals surface area contributed by atoms with Crippen LogP contribution in [0.15, 0.2) is 28.7 Å². The van der Waals surface area contributed by atoms with E-state index in [4.69, 9.17) is 9.47 Å². The van der Waals surface area contributed by atoms with E-state index in [-0.39, 0.29) is 0 Å². The Balaban J connectivity index is 2.11. The summed E-state index contributed by atoms with van der Waals surface area (Å²) in [5.74, 6) is 1.56. The molecule has 0 bridgehead atoms. The van der Waals surface area contributed by atoms with Crippen molar-refractivity contribution >= 4 is 15.9 Å². The van der Waals surface area contributed by atoms with Gasteiger partial charge in [0.05, 0.1) is 23.0 Å². The van der Waals surface area contributed by atoms with Gasteiger partial charge in [-0.2, -0.15) is 5.10 Å². The number of methoxy groups -OCH3 is 1. The molecule has 0 amide bonds. The first-order valence-corrected chi connectivity index (χ1v) is 6.36. The van der Waals surface area contributed by atoms with Crippen LogP contribution in [-0.4, -0.2) is 16.9 Å². The normalized spacial score (nSPS) is 10.4. The molecule has 2 rings (SSSR count). The number of hydrogen-bond donors (Lipinski definition) is 0. The Bertz CT molecular complexity index is 552. The third-order valence-electron chi connectivity index (χ3n) is 2.68. The van der Waals surface area contributed by atoms with E-state index >= 15 is 0 Å². The average molecular weight is 311 g/mol. The third kappa shape index (κ3) is 2.67. The SMILES string of the molecule is COc1cccc(OCc2c(Br)c(C)nn2C)c1. The highest BCUT2D eigenvalue weighted by Crippen LogP contribution is 2.23. The van der Waals surface area contributed by atoms with Gasteiger partial charge in [0, 0.05) is 13.1 Å². The highest BCUT2D eigenvalue weighted by molar-refractivity contribution is 9.10. The van der Waals surface area contributed by atoms with Gasteiger partial charge in [0.1, 0.15) is 18.1 Å². The van der Waals surface area contributed by atoms with Crippen LogP contribution in [0.5, 0.6) is 11.5 Å². The Hall–Kier alpha value is -1.49. The first-order chi connectivity index (χ1) is 8.61. The average Bonchev–Trinajstić information content (AvgIpc) is 2.61. The molecular weight excluding hydrogens is 296 g/mol. The van der Waals surface area contributed by atoms with Crippen molar-refractivity contribution in [3.8, 4) is 11.5 Å². The molecule has 0 aliphatic carbocycles. The zero-order valence-electron chi connectivity index (χ0n) is 10.6. The molecular formula is C13H15BrN2O2. The maximum Gasteiger partial charge on any atom is 0.131 e. The molecule has 0 aliphatic heterocycles. The van der Waals surface area contributed by atoms with Crippen molar-refractivity contribution in [3.63, 3.8) is 0 Å². The monoisotopic (exact) mass is 310 g/mol. The van der Waals surface area contributed by atoms with E-state index in [1.807, 2.05) is 42.9 Å². The molecule has 1 aromatic carbocycles. The van der Waals surface area contributed by atoms with Crippen LogP contribution >= 0.6 is 15.9 Å². The second-order valence-corrected chi connectivity index (χ2v) is 4.73. The number of hydrogen-bond acceptors (Lipinski definition) is 3. The van der Waals surface area contributed by atoms with E-state index in [1.54, 1.807) is 7.11 Å². The van der Waals surface area contributed by atoms with Gasteiger partial charge >= 0.3 is 0 Å². The molecule has 2 aromatic rings. The Kier molecular flexibility index (Phi) is 3.91. The molecule has 0 radical (unpaired) electrons. The van der Waals surface area contributed by atoms with Crippen molar-refractivity contribution in [2.24, 2.45) is 7.05 Å². The smallest absolute Gasteiger partial charge is 0.131 e. The van der Waals surface area contributed by atoms with Gasteiger partial charge in [0.2, 0.25) is 0 Å². The minimum absolute atomic E-state index is 0.463. The lowest BCUT2D eigenvalue weighted by Gasteiger charge is -2.08. The molecule has 0 saturated heterocycles. The lowest BCUT2D eigenvalue weighted by Crippen LogP contribution is -2.03. The summed E-state index contributed by atoms with van der Waals surface area (Å²) in [6.07, 6.45) is 0. The van der Waals surface area contributed by atoms with Crippen LogP contribution in [-0.2, 0) is 13.7 Å². The molecule has 96 valence electrons. The van der Waals surface area contributed by atoms with E-state index in [2.05, 4.69) is 21.0 Å². The van der Waals surface area contributed by atoms with E-state index in [0.29, 0.717) is 6.61 Å². The van der Waals surface area contributed by atoms with E-state index in [0.717, 1.165) is 27.4 Å². The molecule has 4 nitrogen and oxygen atoms in total. The first-order valence-electron chi connectivity index (χ1n) is 5.56. The number of halogens is 1. The van der Waals surface area contributed by atoms with Crippen molar-refractivity contribution in [1.82, 2.24) is 9.78 Å². The fraction of sp³-hybridized carbons (Fsp3) is 0.308. The minimum Gasteiger partial charge on any atom is -0.497 e. The summed E-state index contributed by atoms with van der Waals surface area (Å²) in [5, 5.41) is 4.32. The highest BCUT2D eigenvalue weighted by atomic mass is 79.9. The van der Waals surface area contributed by atoms with Gasteiger partial charge in [-0.15, -0.1) is 0 Å². The third-order valence-corrected chi connectivity index (χ3v) is 3.71. The van der Waals surface area contributed by atoms with Gasteiger partial charge in [-0.05, 0) is 35.0 Å². The lowest BCUT2D eigenvalue weighted by molar-refractivity contribution is 0.292. The van der Waals surface area contributed by atoms with Crippen LogP contribution in [0.25, 0.3) is 0 Å². The molecule has 5 heteroatoms. The van der Waals surface area contributed by atoms with Gasteiger partial charge in [0.25, 0.3) is 0 Å². The zero-order chi connectivity index (χ0) is 13.1. The van der Waals surface area contributed by atoms with E-state index < -0.39 is 0 Å². The molecule has 0 aliphatic rings. The van der Waals surface area contributed by atoms with Gasteiger partial charge in [-0.3, -0.25) is 4.68 Å². The van der Waals surface area contributed by atoms with Crippen molar-refractivity contribution < 1.29 is 9.47 Å². The van der Waals surface area contributed by atoms with Gasteiger partial charge in [-0.25, -0.2) is 0 Å². The van der Waals surface area contributed by atoms with Crippen molar-refractivity contribution in [3.05, 3.63) is 40.1 Å². The molecule has 0 fully saturated rings. The maximum absolute atomic E-state index is 5.74. The van der Waals surface area contributed by atoms with Crippen LogP contribution in [0.3, 0.4) is 0 Å². The summed E-state index contributed by atoms with van der Waals surface area (Å²) in [4.78, 5) is 0. The van der Waals surface area contributed by atoms with Crippen molar-refractivity contribution in [1.29, 1.82) is 0 Å². The predicted molar refractivity (Wildman–Crippen MR) is 73.0 cm³/mol. The van der Waals surface area contributed by atoms with Crippen LogP contribution in [0.1, 0.15) is 11.4 Å². The molecule has 0 atom stereocenters. The Labute approximate surface area is 115 Å². The number of benzene rings is 1. The van der Waals surface area contributed by atoms with Crippen LogP contribution < -0.4 is 9.47 Å². The number of ether oxygens (including phenoxy) is 2. The molecule has 0 saturated carbocycles. The fourth-order valence-electron chi connectivity index (χ4n) is 1.68. The number of rotatable bonds is 4. The topological polar surface area (TPSA) is 36.3 Å². The van der Waals surface area contributed by atoms with Gasteiger partial charge < -0.3 is 9.47 Å². The summed E-state index contributed by atoms with van der Waals surface area (Å²) >= 11 is 3.51. The largest absolute Gasteiger partial charge is 0.497 e. The Morgan fingerprint density at radius 2 is 2.06 bits per heavy atom. The molecule has 18 heavy (non-hydrogen) atoms. The molecule has 0 unspecified atom stereocenters. The summed E-state index contributed by atoms with van der Waals surface area (Å²) in [7, 11) is 3.54. The van der Waals surface area contributed by atoms with Crippen molar-refractivity contribution in [2.75, 3.05) is 7.11 Å². The van der Waals surface area contributed by atoms with Gasteiger partial charge in [0.15, 0.2) is 0 Å². The first kappa shape index (κ1) is 13.0. The number of aryl methyl sites for hydroxylation is 2. The highest BCUT2D eigenvalue weighted by Gasteiger charge is 2.11. The Morgan fingerprint density at radius 3 is 2.67 bits per heavy atom. The Morgan fingerprint density at radius 1 is 1.33 bits per heavy atom. The van der Waals surface area contributed by atoms with E-state index in [1.165, 1.54) is 0 Å². The lowest BCUT2D eigenvalue weighted by atomic mass is 10.3. The predicted octanol–water partition coefficient (Wildman–Crippen LogP) is 3.08.